The lowest BCUT2D eigenvalue weighted by molar-refractivity contribution is -0.121. The molecule has 134 valence electrons. The van der Waals surface area contributed by atoms with Gasteiger partial charge in [-0.25, -0.2) is 0 Å². The topological polar surface area (TPSA) is 29.5 Å². The molecule has 0 bridgehead atoms. The van der Waals surface area contributed by atoms with Crippen molar-refractivity contribution < 1.29 is 9.53 Å². The minimum absolute atomic E-state index is 0.0765. The minimum Gasteiger partial charge on any atom is -0.493 e. The SMILES string of the molecule is C=CCN1C(=O)/C(=C\c2c(OCCCC)ccc3ccccc23)SC1=S. The molecule has 0 radical (unpaired) electrons. The second-order valence-electron chi connectivity index (χ2n) is 5.98. The number of benzene rings is 2. The van der Waals surface area contributed by atoms with Gasteiger partial charge >= 0.3 is 0 Å². The van der Waals surface area contributed by atoms with Gasteiger partial charge in [-0.2, -0.15) is 0 Å². The van der Waals surface area contributed by atoms with E-state index in [1.165, 1.54) is 11.8 Å². The molecule has 26 heavy (non-hydrogen) atoms. The predicted molar refractivity (Wildman–Crippen MR) is 114 cm³/mol. The number of thioether (sulfide) groups is 1. The van der Waals surface area contributed by atoms with Crippen LogP contribution in [-0.2, 0) is 4.79 Å². The van der Waals surface area contributed by atoms with Crippen LogP contribution in [0.15, 0.2) is 54.0 Å². The number of ether oxygens (including phenoxy) is 1. The number of hydrogen-bond acceptors (Lipinski definition) is 4. The standard InChI is InChI=1S/C21H21NO2S2/c1-3-5-13-24-18-11-10-15-8-6-7-9-16(15)17(18)14-19-20(23)22(12-4-2)21(25)26-19/h4,6-11,14H,2-3,5,12-13H2,1H3/b19-14+. The Labute approximate surface area is 163 Å². The van der Waals surface area contributed by atoms with Gasteiger partial charge in [-0.15, -0.1) is 6.58 Å². The Morgan fingerprint density at radius 1 is 1.27 bits per heavy atom. The molecule has 5 heteroatoms. The Kier molecular flexibility index (Phi) is 6.12. The summed E-state index contributed by atoms with van der Waals surface area (Å²) in [4.78, 5) is 14.9. The van der Waals surface area contributed by atoms with E-state index in [1.54, 1.807) is 11.0 Å². The van der Waals surface area contributed by atoms with Crippen molar-refractivity contribution in [3.63, 3.8) is 0 Å². The van der Waals surface area contributed by atoms with Crippen molar-refractivity contribution in [3.8, 4) is 5.75 Å². The van der Waals surface area contributed by atoms with E-state index in [2.05, 4.69) is 31.7 Å². The fourth-order valence-corrected chi connectivity index (χ4v) is 4.05. The normalized spacial score (nSPS) is 15.9. The maximum absolute atomic E-state index is 12.7. The summed E-state index contributed by atoms with van der Waals surface area (Å²) in [6.07, 6.45) is 5.66. The molecule has 1 aliphatic rings. The van der Waals surface area contributed by atoms with Crippen LogP contribution < -0.4 is 4.74 Å². The first-order valence-corrected chi connectivity index (χ1v) is 9.89. The Morgan fingerprint density at radius 3 is 2.85 bits per heavy atom. The molecule has 0 N–H and O–H groups in total. The maximum atomic E-state index is 12.7. The molecular weight excluding hydrogens is 362 g/mol. The van der Waals surface area contributed by atoms with Crippen LogP contribution >= 0.6 is 24.0 Å². The highest BCUT2D eigenvalue weighted by molar-refractivity contribution is 8.26. The van der Waals surface area contributed by atoms with Crippen LogP contribution in [0.4, 0.5) is 0 Å². The second-order valence-corrected chi connectivity index (χ2v) is 7.66. The fraction of sp³-hybridized carbons (Fsp3) is 0.238. The zero-order valence-electron chi connectivity index (χ0n) is 14.7. The van der Waals surface area contributed by atoms with Gasteiger partial charge in [-0.3, -0.25) is 9.69 Å². The van der Waals surface area contributed by atoms with E-state index in [9.17, 15) is 4.79 Å². The van der Waals surface area contributed by atoms with Gasteiger partial charge in [0, 0.05) is 12.1 Å². The first-order valence-electron chi connectivity index (χ1n) is 8.66. The number of carbonyl (C=O) groups excluding carboxylic acids is 1. The molecule has 0 aliphatic carbocycles. The van der Waals surface area contributed by atoms with Crippen molar-refractivity contribution in [1.29, 1.82) is 0 Å². The molecule has 0 spiro atoms. The summed E-state index contributed by atoms with van der Waals surface area (Å²) in [6, 6.07) is 12.2. The van der Waals surface area contributed by atoms with E-state index in [0.29, 0.717) is 22.4 Å². The average molecular weight is 384 g/mol. The number of hydrogen-bond donors (Lipinski definition) is 0. The quantitative estimate of drug-likeness (QED) is 0.277. The van der Waals surface area contributed by atoms with Crippen molar-refractivity contribution >= 4 is 51.1 Å². The number of amides is 1. The molecule has 1 fully saturated rings. The molecule has 0 atom stereocenters. The highest BCUT2D eigenvalue weighted by Crippen LogP contribution is 2.37. The lowest BCUT2D eigenvalue weighted by atomic mass is 10.0. The van der Waals surface area contributed by atoms with Crippen LogP contribution in [0.1, 0.15) is 25.3 Å². The Hall–Kier alpha value is -2.11. The van der Waals surface area contributed by atoms with Crippen molar-refractivity contribution in [2.24, 2.45) is 0 Å². The monoisotopic (exact) mass is 383 g/mol. The van der Waals surface area contributed by atoms with Gasteiger partial charge in [0.2, 0.25) is 0 Å². The Balaban J connectivity index is 2.04. The van der Waals surface area contributed by atoms with Crippen molar-refractivity contribution in [1.82, 2.24) is 4.90 Å². The summed E-state index contributed by atoms with van der Waals surface area (Å²) in [7, 11) is 0. The molecule has 1 heterocycles. The highest BCUT2D eigenvalue weighted by Gasteiger charge is 2.31. The molecule has 2 aromatic carbocycles. The molecule has 3 nitrogen and oxygen atoms in total. The number of unbranched alkanes of at least 4 members (excludes halogenated alkanes) is 1. The smallest absolute Gasteiger partial charge is 0.266 e. The summed E-state index contributed by atoms with van der Waals surface area (Å²) in [5.41, 5.74) is 0.929. The van der Waals surface area contributed by atoms with Gasteiger partial charge in [-0.05, 0) is 29.3 Å². The number of thiocarbonyl (C=S) groups is 1. The largest absolute Gasteiger partial charge is 0.493 e. The summed E-state index contributed by atoms with van der Waals surface area (Å²) in [5.74, 6) is 0.721. The number of carbonyl (C=O) groups is 1. The molecule has 2 aromatic rings. The van der Waals surface area contributed by atoms with Gasteiger partial charge in [0.1, 0.15) is 10.1 Å². The number of fused-ring (bicyclic) bond motifs is 1. The lowest BCUT2D eigenvalue weighted by Gasteiger charge is -2.13. The first-order chi connectivity index (χ1) is 12.7. The van der Waals surface area contributed by atoms with Crippen molar-refractivity contribution in [3.05, 3.63) is 59.5 Å². The summed E-state index contributed by atoms with van der Waals surface area (Å²) in [6.45, 7) is 6.92. The summed E-state index contributed by atoms with van der Waals surface area (Å²) >= 11 is 6.67. The average Bonchev–Trinajstić information content (AvgIpc) is 2.91. The van der Waals surface area contributed by atoms with Gasteiger partial charge in [0.05, 0.1) is 11.5 Å². The van der Waals surface area contributed by atoms with Gasteiger partial charge in [0.25, 0.3) is 5.91 Å². The van der Waals surface area contributed by atoms with Crippen molar-refractivity contribution in [2.45, 2.75) is 19.8 Å². The van der Waals surface area contributed by atoms with Crippen LogP contribution in [0.2, 0.25) is 0 Å². The van der Waals surface area contributed by atoms with E-state index in [0.717, 1.165) is 34.9 Å². The Morgan fingerprint density at radius 2 is 2.08 bits per heavy atom. The van der Waals surface area contributed by atoms with Gasteiger partial charge < -0.3 is 4.74 Å². The van der Waals surface area contributed by atoms with Gasteiger partial charge in [0.15, 0.2) is 0 Å². The molecule has 1 aliphatic heterocycles. The van der Waals surface area contributed by atoms with E-state index < -0.39 is 0 Å². The van der Waals surface area contributed by atoms with Crippen LogP contribution in [-0.4, -0.2) is 28.3 Å². The second kappa shape index (κ2) is 8.52. The molecule has 3 rings (SSSR count). The predicted octanol–water partition coefficient (Wildman–Crippen LogP) is 5.41. The third-order valence-electron chi connectivity index (χ3n) is 4.15. The third-order valence-corrected chi connectivity index (χ3v) is 5.52. The fourth-order valence-electron chi connectivity index (χ4n) is 2.79. The van der Waals surface area contributed by atoms with Gasteiger partial charge in [-0.1, -0.05) is 73.7 Å². The lowest BCUT2D eigenvalue weighted by Crippen LogP contribution is -2.27. The molecule has 0 aromatic heterocycles. The number of nitrogens with zero attached hydrogens (tertiary/aromatic N) is 1. The molecule has 1 amide bonds. The zero-order chi connectivity index (χ0) is 18.5. The van der Waals surface area contributed by atoms with E-state index >= 15 is 0 Å². The molecule has 1 saturated heterocycles. The van der Waals surface area contributed by atoms with E-state index in [-0.39, 0.29) is 5.91 Å². The van der Waals surface area contributed by atoms with E-state index in [1.807, 2.05) is 24.3 Å². The first kappa shape index (κ1) is 18.7. The molecule has 0 saturated carbocycles. The highest BCUT2D eigenvalue weighted by atomic mass is 32.2. The summed E-state index contributed by atoms with van der Waals surface area (Å²) < 4.78 is 6.57. The van der Waals surface area contributed by atoms with Crippen LogP contribution in [0.3, 0.4) is 0 Å². The molecular formula is C21H21NO2S2. The minimum atomic E-state index is -0.0765. The van der Waals surface area contributed by atoms with E-state index in [4.69, 9.17) is 17.0 Å². The zero-order valence-corrected chi connectivity index (χ0v) is 16.4. The third kappa shape index (κ3) is 3.84. The van der Waals surface area contributed by atoms with Crippen LogP contribution in [0.25, 0.3) is 16.8 Å². The Bertz CT molecular complexity index is 889. The molecule has 0 unspecified atom stereocenters. The maximum Gasteiger partial charge on any atom is 0.266 e. The van der Waals surface area contributed by atoms with Crippen molar-refractivity contribution in [2.75, 3.05) is 13.2 Å². The number of rotatable bonds is 7. The van der Waals surface area contributed by atoms with Crippen LogP contribution in [0.5, 0.6) is 5.75 Å². The van der Waals surface area contributed by atoms with Crippen LogP contribution in [0, 0.1) is 0 Å². The summed E-state index contributed by atoms with van der Waals surface area (Å²) in [5, 5.41) is 2.18.